The van der Waals surface area contributed by atoms with E-state index >= 15 is 0 Å². The predicted octanol–water partition coefficient (Wildman–Crippen LogP) is 3.39. The van der Waals surface area contributed by atoms with Gasteiger partial charge in [-0.15, -0.1) is 0 Å². The van der Waals surface area contributed by atoms with Crippen molar-refractivity contribution in [3.05, 3.63) is 35.1 Å². The first-order valence-electron chi connectivity index (χ1n) is 5.91. The molecule has 1 N–H and O–H groups in total. The average Bonchev–Trinajstić information content (AvgIpc) is 2.12. The van der Waals surface area contributed by atoms with Crippen LogP contribution in [0.2, 0.25) is 0 Å². The highest BCUT2D eigenvalue weighted by Gasteiger charge is 2.45. The minimum absolute atomic E-state index is 0.232. The van der Waals surface area contributed by atoms with Gasteiger partial charge in [0.25, 0.3) is 0 Å². The Morgan fingerprint density at radius 3 is 2.50 bits per heavy atom. The van der Waals surface area contributed by atoms with E-state index in [0.29, 0.717) is 11.8 Å². The van der Waals surface area contributed by atoms with E-state index < -0.39 is 5.60 Å². The van der Waals surface area contributed by atoms with Crippen LogP contribution in [-0.4, -0.2) is 5.11 Å². The molecule has 1 saturated carbocycles. The van der Waals surface area contributed by atoms with Gasteiger partial charge in [0, 0.05) is 0 Å². The van der Waals surface area contributed by atoms with Crippen molar-refractivity contribution in [2.24, 2.45) is 11.8 Å². The van der Waals surface area contributed by atoms with Crippen molar-refractivity contribution in [3.8, 4) is 0 Å². The molecule has 1 aromatic rings. The van der Waals surface area contributed by atoms with E-state index in [9.17, 15) is 9.50 Å². The molecular formula is C14H19FO. The van der Waals surface area contributed by atoms with Gasteiger partial charge < -0.3 is 5.11 Å². The summed E-state index contributed by atoms with van der Waals surface area (Å²) >= 11 is 0. The molecule has 1 aliphatic carbocycles. The second-order valence-electron chi connectivity index (χ2n) is 5.40. The molecule has 0 heterocycles. The standard InChI is InChI=1S/C14H19FO/c1-9(2)11-7-14(16,8-11)13-5-4-12(15)6-10(13)3/h4-6,9,11,16H,7-8H2,1-3H3. The highest BCUT2D eigenvalue weighted by atomic mass is 19.1. The minimum Gasteiger partial charge on any atom is -0.385 e. The van der Waals surface area contributed by atoms with Crippen LogP contribution in [-0.2, 0) is 5.60 Å². The molecule has 2 heteroatoms. The van der Waals surface area contributed by atoms with Crippen LogP contribution in [0.5, 0.6) is 0 Å². The third-order valence-electron chi connectivity index (χ3n) is 3.83. The van der Waals surface area contributed by atoms with Crippen LogP contribution in [0.15, 0.2) is 18.2 Å². The summed E-state index contributed by atoms with van der Waals surface area (Å²) in [5.41, 5.74) is 1.03. The van der Waals surface area contributed by atoms with Gasteiger partial charge in [-0.2, -0.15) is 0 Å². The van der Waals surface area contributed by atoms with E-state index in [0.717, 1.165) is 24.0 Å². The second-order valence-corrected chi connectivity index (χ2v) is 5.40. The number of hydrogen-bond donors (Lipinski definition) is 1. The third-order valence-corrected chi connectivity index (χ3v) is 3.83. The lowest BCUT2D eigenvalue weighted by Crippen LogP contribution is -2.43. The van der Waals surface area contributed by atoms with Crippen molar-refractivity contribution in [2.75, 3.05) is 0 Å². The zero-order valence-electron chi connectivity index (χ0n) is 10.1. The molecule has 0 amide bonds. The van der Waals surface area contributed by atoms with Crippen LogP contribution in [0.25, 0.3) is 0 Å². The molecule has 0 atom stereocenters. The van der Waals surface area contributed by atoms with Gasteiger partial charge in [0.2, 0.25) is 0 Å². The molecule has 0 aromatic heterocycles. The van der Waals surface area contributed by atoms with Crippen LogP contribution in [0.4, 0.5) is 4.39 Å². The molecule has 2 rings (SSSR count). The molecule has 0 spiro atoms. The summed E-state index contributed by atoms with van der Waals surface area (Å²) in [6, 6.07) is 4.65. The molecule has 1 fully saturated rings. The van der Waals surface area contributed by atoms with Gasteiger partial charge in [-0.05, 0) is 54.9 Å². The average molecular weight is 222 g/mol. The Balaban J connectivity index is 2.20. The van der Waals surface area contributed by atoms with Gasteiger partial charge in [0.1, 0.15) is 5.82 Å². The van der Waals surface area contributed by atoms with Gasteiger partial charge in [0.15, 0.2) is 0 Å². The van der Waals surface area contributed by atoms with Crippen molar-refractivity contribution >= 4 is 0 Å². The zero-order chi connectivity index (χ0) is 11.9. The summed E-state index contributed by atoms with van der Waals surface area (Å²) in [6.45, 7) is 6.22. The Kier molecular flexibility index (Phi) is 2.79. The van der Waals surface area contributed by atoms with Gasteiger partial charge in [0.05, 0.1) is 5.60 Å². The number of benzene rings is 1. The van der Waals surface area contributed by atoms with Crippen molar-refractivity contribution in [2.45, 2.75) is 39.2 Å². The van der Waals surface area contributed by atoms with Gasteiger partial charge in [-0.25, -0.2) is 4.39 Å². The van der Waals surface area contributed by atoms with Crippen LogP contribution in [0.1, 0.15) is 37.8 Å². The summed E-state index contributed by atoms with van der Waals surface area (Å²) in [5, 5.41) is 10.4. The van der Waals surface area contributed by atoms with Gasteiger partial charge in [-0.3, -0.25) is 0 Å². The predicted molar refractivity (Wildman–Crippen MR) is 62.6 cm³/mol. The maximum atomic E-state index is 13.0. The largest absolute Gasteiger partial charge is 0.385 e. The molecular weight excluding hydrogens is 203 g/mol. The summed E-state index contributed by atoms with van der Waals surface area (Å²) in [7, 11) is 0. The number of aliphatic hydroxyl groups is 1. The molecule has 0 unspecified atom stereocenters. The third kappa shape index (κ3) is 1.86. The fourth-order valence-electron chi connectivity index (χ4n) is 2.65. The quantitative estimate of drug-likeness (QED) is 0.813. The molecule has 0 radical (unpaired) electrons. The van der Waals surface area contributed by atoms with Crippen LogP contribution in [0, 0.1) is 24.6 Å². The van der Waals surface area contributed by atoms with Crippen molar-refractivity contribution in [3.63, 3.8) is 0 Å². The first kappa shape index (κ1) is 11.6. The lowest BCUT2D eigenvalue weighted by Gasteiger charge is -2.46. The Bertz CT molecular complexity index is 392. The lowest BCUT2D eigenvalue weighted by molar-refractivity contribution is -0.0938. The normalized spacial score (nSPS) is 29.2. The van der Waals surface area contributed by atoms with Crippen LogP contribution in [0.3, 0.4) is 0 Å². The van der Waals surface area contributed by atoms with Gasteiger partial charge >= 0.3 is 0 Å². The maximum Gasteiger partial charge on any atom is 0.123 e. The number of aryl methyl sites for hydroxylation is 1. The number of halogens is 1. The summed E-state index contributed by atoms with van der Waals surface area (Å²) in [5.74, 6) is 0.972. The summed E-state index contributed by atoms with van der Waals surface area (Å²) in [6.07, 6.45) is 1.61. The van der Waals surface area contributed by atoms with E-state index in [1.54, 1.807) is 6.07 Å². The highest BCUT2D eigenvalue weighted by molar-refractivity contribution is 5.33. The highest BCUT2D eigenvalue weighted by Crippen LogP contribution is 2.49. The van der Waals surface area contributed by atoms with Gasteiger partial charge in [-0.1, -0.05) is 19.9 Å². The van der Waals surface area contributed by atoms with Crippen LogP contribution < -0.4 is 0 Å². The van der Waals surface area contributed by atoms with E-state index in [4.69, 9.17) is 0 Å². The molecule has 1 aliphatic rings. The molecule has 0 saturated heterocycles. The zero-order valence-corrected chi connectivity index (χ0v) is 10.1. The molecule has 1 aromatic carbocycles. The lowest BCUT2D eigenvalue weighted by atomic mass is 9.63. The van der Waals surface area contributed by atoms with E-state index in [1.165, 1.54) is 12.1 Å². The monoisotopic (exact) mass is 222 g/mol. The minimum atomic E-state index is -0.716. The number of rotatable bonds is 2. The molecule has 0 aliphatic heterocycles. The molecule has 1 nitrogen and oxygen atoms in total. The first-order chi connectivity index (χ1) is 7.42. The maximum absolute atomic E-state index is 13.0. The summed E-state index contributed by atoms with van der Waals surface area (Å²) < 4.78 is 13.0. The topological polar surface area (TPSA) is 20.2 Å². The van der Waals surface area contributed by atoms with Crippen molar-refractivity contribution < 1.29 is 9.50 Å². The van der Waals surface area contributed by atoms with Crippen LogP contribution >= 0.6 is 0 Å². The Morgan fingerprint density at radius 2 is 2.00 bits per heavy atom. The number of hydrogen-bond acceptors (Lipinski definition) is 1. The van der Waals surface area contributed by atoms with Crippen molar-refractivity contribution in [1.82, 2.24) is 0 Å². The Hall–Kier alpha value is -0.890. The first-order valence-corrected chi connectivity index (χ1v) is 5.91. The smallest absolute Gasteiger partial charge is 0.123 e. The van der Waals surface area contributed by atoms with E-state index in [1.807, 2.05) is 6.92 Å². The van der Waals surface area contributed by atoms with Crippen molar-refractivity contribution in [1.29, 1.82) is 0 Å². The molecule has 0 bridgehead atoms. The SMILES string of the molecule is Cc1cc(F)ccc1C1(O)CC(C(C)C)C1. The molecule has 88 valence electrons. The molecule has 16 heavy (non-hydrogen) atoms. The van der Waals surface area contributed by atoms with E-state index in [2.05, 4.69) is 13.8 Å². The Morgan fingerprint density at radius 1 is 1.38 bits per heavy atom. The fourth-order valence-corrected chi connectivity index (χ4v) is 2.65. The Labute approximate surface area is 96.3 Å². The summed E-state index contributed by atoms with van der Waals surface area (Å²) in [4.78, 5) is 0. The fraction of sp³-hybridized carbons (Fsp3) is 0.571. The second kappa shape index (κ2) is 3.85. The van der Waals surface area contributed by atoms with E-state index in [-0.39, 0.29) is 5.82 Å².